The minimum absolute atomic E-state index is 0.219. The van der Waals surface area contributed by atoms with E-state index in [4.69, 9.17) is 18.9 Å². The number of hydrogen-bond donors (Lipinski definition) is 4. The van der Waals surface area contributed by atoms with Gasteiger partial charge in [0.1, 0.15) is 24.4 Å². The van der Waals surface area contributed by atoms with Gasteiger partial charge >= 0.3 is 0 Å². The van der Waals surface area contributed by atoms with E-state index in [1.54, 1.807) is 0 Å². The largest absolute Gasteiger partial charge is 0.394 e. The number of benzene rings is 2. The van der Waals surface area contributed by atoms with Crippen molar-refractivity contribution in [1.82, 2.24) is 0 Å². The van der Waals surface area contributed by atoms with Crippen molar-refractivity contribution in [3.05, 3.63) is 94.4 Å². The van der Waals surface area contributed by atoms with E-state index in [2.05, 4.69) is 29.1 Å². The van der Waals surface area contributed by atoms with Crippen molar-refractivity contribution in [2.75, 3.05) is 13.2 Å². The van der Waals surface area contributed by atoms with Gasteiger partial charge in [0, 0.05) is 4.91 Å². The van der Waals surface area contributed by atoms with Crippen LogP contribution in [0.25, 0.3) is 10.4 Å². The topological polar surface area (TPSA) is 167 Å². The first-order valence-electron chi connectivity index (χ1n) is 17.9. The molecule has 1 aliphatic rings. The second-order valence-corrected chi connectivity index (χ2v) is 12.7. The van der Waals surface area contributed by atoms with Gasteiger partial charge in [0.05, 0.1) is 44.7 Å². The van der Waals surface area contributed by atoms with Gasteiger partial charge < -0.3 is 39.4 Å². The fourth-order valence-corrected chi connectivity index (χ4v) is 5.89. The summed E-state index contributed by atoms with van der Waals surface area (Å²) in [5, 5.41) is 44.6. The Morgan fingerprint density at radius 2 is 1.39 bits per heavy atom. The van der Waals surface area contributed by atoms with E-state index in [0.29, 0.717) is 13.0 Å². The smallest absolute Gasteiger partial charge is 0.186 e. The van der Waals surface area contributed by atoms with Crippen molar-refractivity contribution in [1.29, 1.82) is 0 Å². The van der Waals surface area contributed by atoms with Crippen LogP contribution in [0.2, 0.25) is 0 Å². The molecule has 11 heteroatoms. The molecule has 1 saturated heterocycles. The summed E-state index contributed by atoms with van der Waals surface area (Å²) >= 11 is 0. The first-order valence-corrected chi connectivity index (χ1v) is 17.9. The Morgan fingerprint density at radius 3 is 1.98 bits per heavy atom. The van der Waals surface area contributed by atoms with Crippen molar-refractivity contribution in [3.8, 4) is 0 Å². The molecule has 0 aliphatic carbocycles. The molecule has 0 amide bonds. The third kappa shape index (κ3) is 14.9. The van der Waals surface area contributed by atoms with Crippen LogP contribution in [0.3, 0.4) is 0 Å². The number of hydrogen-bond acceptors (Lipinski definition) is 9. The predicted octanol–water partition coefficient (Wildman–Crippen LogP) is 6.52. The average molecular weight is 684 g/mol. The van der Waals surface area contributed by atoms with Crippen molar-refractivity contribution in [2.45, 2.75) is 140 Å². The fraction of sp³-hybridized carbons (Fsp3) is 0.632. The number of nitrogens with zero attached hydrogens (tertiary/aromatic N) is 3. The van der Waals surface area contributed by atoms with Gasteiger partial charge in [-0.3, -0.25) is 0 Å². The molecule has 0 radical (unpaired) electrons. The van der Waals surface area contributed by atoms with Crippen LogP contribution in [-0.2, 0) is 32.2 Å². The van der Waals surface area contributed by atoms with Gasteiger partial charge in [-0.15, -0.1) is 0 Å². The lowest BCUT2D eigenvalue weighted by Crippen LogP contribution is -2.59. The molecule has 2 aromatic rings. The maximum atomic E-state index is 10.5. The Hall–Kier alpha value is -2.83. The highest BCUT2D eigenvalue weighted by atomic mass is 16.7. The van der Waals surface area contributed by atoms with Crippen LogP contribution in [-0.4, -0.2) is 82.6 Å². The molecule has 0 spiro atoms. The average Bonchev–Trinajstić information content (AvgIpc) is 3.13. The normalized spacial score (nSPS) is 22.8. The van der Waals surface area contributed by atoms with Crippen molar-refractivity contribution in [3.63, 3.8) is 0 Å². The van der Waals surface area contributed by atoms with Gasteiger partial charge in [-0.2, -0.15) is 0 Å². The summed E-state index contributed by atoms with van der Waals surface area (Å²) in [6.07, 6.45) is 8.57. The quantitative estimate of drug-likeness (QED) is 0.0302. The highest BCUT2D eigenvalue weighted by Crippen LogP contribution is 2.25. The molecule has 3 rings (SSSR count). The van der Waals surface area contributed by atoms with Crippen LogP contribution in [0.4, 0.5) is 0 Å². The molecule has 0 bridgehead atoms. The Bertz CT molecular complexity index is 1200. The van der Waals surface area contributed by atoms with E-state index >= 15 is 0 Å². The Morgan fingerprint density at radius 1 is 0.796 bits per heavy atom. The minimum atomic E-state index is -1.60. The molecule has 8 atom stereocenters. The lowest BCUT2D eigenvalue weighted by atomic mass is 9.99. The zero-order valence-corrected chi connectivity index (χ0v) is 28.9. The molecule has 1 fully saturated rings. The third-order valence-corrected chi connectivity index (χ3v) is 8.83. The molecule has 2 unspecified atom stereocenters. The summed E-state index contributed by atoms with van der Waals surface area (Å²) in [4.78, 5) is 3.08. The molecule has 1 heterocycles. The Balaban J connectivity index is 1.72. The van der Waals surface area contributed by atoms with Crippen molar-refractivity contribution >= 4 is 0 Å². The van der Waals surface area contributed by atoms with Crippen LogP contribution < -0.4 is 0 Å². The maximum Gasteiger partial charge on any atom is 0.186 e. The molecule has 4 N–H and O–H groups in total. The van der Waals surface area contributed by atoms with E-state index < -0.39 is 55.6 Å². The lowest BCUT2D eigenvalue weighted by molar-refractivity contribution is -0.303. The Kier molecular flexibility index (Phi) is 20.2. The molecule has 0 saturated carbocycles. The predicted molar refractivity (Wildman–Crippen MR) is 188 cm³/mol. The highest BCUT2D eigenvalue weighted by molar-refractivity contribution is 5.14. The molecule has 2 aromatic carbocycles. The molecular formula is C38H57N3O8. The van der Waals surface area contributed by atoms with Crippen LogP contribution in [0.1, 0.15) is 88.7 Å². The number of aliphatic hydroxyl groups is 4. The van der Waals surface area contributed by atoms with Gasteiger partial charge in [0.25, 0.3) is 0 Å². The van der Waals surface area contributed by atoms with Gasteiger partial charge in [0.15, 0.2) is 6.29 Å². The number of ether oxygens (including phenoxy) is 4. The molecule has 49 heavy (non-hydrogen) atoms. The minimum Gasteiger partial charge on any atom is -0.394 e. The van der Waals surface area contributed by atoms with E-state index in [0.717, 1.165) is 24.0 Å². The second-order valence-electron chi connectivity index (χ2n) is 12.7. The molecule has 11 nitrogen and oxygen atoms in total. The monoisotopic (exact) mass is 683 g/mol. The third-order valence-electron chi connectivity index (χ3n) is 8.83. The zero-order valence-electron chi connectivity index (χ0n) is 28.9. The van der Waals surface area contributed by atoms with Crippen LogP contribution in [0.5, 0.6) is 0 Å². The maximum absolute atomic E-state index is 10.5. The summed E-state index contributed by atoms with van der Waals surface area (Å²) in [6, 6.07) is 18.5. The lowest BCUT2D eigenvalue weighted by Gasteiger charge is -2.40. The zero-order chi connectivity index (χ0) is 35.1. The first-order chi connectivity index (χ1) is 24.0. The number of azide groups is 1. The van der Waals surface area contributed by atoms with Gasteiger partial charge in [-0.25, -0.2) is 0 Å². The van der Waals surface area contributed by atoms with Gasteiger partial charge in [-0.1, -0.05) is 136 Å². The molecule has 0 aromatic heterocycles. The first kappa shape index (κ1) is 40.6. The number of aliphatic hydroxyl groups excluding tert-OH is 4. The number of unbranched alkanes of at least 4 members (excludes halogenated alkanes) is 9. The van der Waals surface area contributed by atoms with Crippen LogP contribution >= 0.6 is 0 Å². The highest BCUT2D eigenvalue weighted by Gasteiger charge is 2.44. The summed E-state index contributed by atoms with van der Waals surface area (Å²) < 4.78 is 24.3. The van der Waals surface area contributed by atoms with Gasteiger partial charge in [-0.05, 0) is 35.9 Å². The fourth-order valence-electron chi connectivity index (χ4n) is 5.89. The summed E-state index contributed by atoms with van der Waals surface area (Å²) in [5.74, 6) is 0. The Labute approximate surface area is 291 Å². The standard InChI is InChI=1S/C38H57N3O8/c1-2-3-4-5-6-7-8-9-10-11-12-19-24-32(46-26-29-20-15-13-16-21-29)37(47-27-30-22-17-14-18-23-30)31(40-41-39)28-48-38-36(45)35(44)34(43)33(25-42)49-38/h12-23,31-38,42-45H,2-11,24-28H2,1H3/t31-,32+,33?,34-,35-,36?,37-,38-/m0/s1. The van der Waals surface area contributed by atoms with Crippen LogP contribution in [0.15, 0.2) is 77.9 Å². The van der Waals surface area contributed by atoms with E-state index in [1.807, 2.05) is 60.7 Å². The van der Waals surface area contributed by atoms with Crippen molar-refractivity contribution < 1.29 is 39.4 Å². The van der Waals surface area contributed by atoms with E-state index in [1.165, 1.54) is 51.4 Å². The molecule has 272 valence electrons. The number of allylic oxidation sites excluding steroid dienone is 1. The summed E-state index contributed by atoms with van der Waals surface area (Å²) in [6.45, 7) is 1.92. The molecular weight excluding hydrogens is 626 g/mol. The summed E-state index contributed by atoms with van der Waals surface area (Å²) in [5.41, 5.74) is 11.5. The summed E-state index contributed by atoms with van der Waals surface area (Å²) in [7, 11) is 0. The molecule has 1 aliphatic heterocycles. The SMILES string of the molecule is CCCCCCCCCCCC=CC[C@@H](OCc1ccccc1)[C@@H](OCc1ccccc1)[C@H](CO[C@H]1OC(CO)[C@H](O)[C@H](O)C1O)N=[N+]=[N-]. The van der Waals surface area contributed by atoms with E-state index in [-0.39, 0.29) is 13.2 Å². The van der Waals surface area contributed by atoms with Crippen molar-refractivity contribution in [2.24, 2.45) is 5.11 Å². The van der Waals surface area contributed by atoms with Gasteiger partial charge in [0.2, 0.25) is 0 Å². The second kappa shape index (κ2) is 24.3. The van der Waals surface area contributed by atoms with E-state index in [9.17, 15) is 26.0 Å². The number of rotatable bonds is 25. The van der Waals surface area contributed by atoms with Crippen LogP contribution in [0, 0.1) is 0 Å².